The number of alkyl halides is 2. The smallest absolute Gasteiger partial charge is 0.144 e. The molecule has 0 radical (unpaired) electrons. The molecule has 0 aromatic carbocycles. The van der Waals surface area contributed by atoms with E-state index in [2.05, 4.69) is 22.2 Å². The van der Waals surface area contributed by atoms with Crippen LogP contribution in [0.2, 0.25) is 0 Å². The molecule has 2 aliphatic rings. The summed E-state index contributed by atoms with van der Waals surface area (Å²) in [4.78, 5) is 8.04. The summed E-state index contributed by atoms with van der Waals surface area (Å²) in [5.74, 6) is 1.12. The zero-order valence-electron chi connectivity index (χ0n) is 9.37. The molecular formula is C11H15Cl2N3. The Morgan fingerprint density at radius 2 is 2.44 bits per heavy atom. The van der Waals surface area contributed by atoms with Crippen LogP contribution in [0.4, 0.5) is 0 Å². The first kappa shape index (κ1) is 11.9. The van der Waals surface area contributed by atoms with Crippen LogP contribution in [0.5, 0.6) is 0 Å². The Balaban J connectivity index is 2.17. The fraction of sp³-hybridized carbons (Fsp3) is 0.636. The van der Waals surface area contributed by atoms with Crippen LogP contribution in [0.15, 0.2) is 21.3 Å². The quantitative estimate of drug-likeness (QED) is 0.358. The van der Waals surface area contributed by atoms with Crippen molar-refractivity contribution in [2.24, 2.45) is 21.8 Å². The van der Waals surface area contributed by atoms with Crippen molar-refractivity contribution in [2.45, 2.75) is 18.8 Å². The van der Waals surface area contributed by atoms with Gasteiger partial charge in [0, 0.05) is 30.5 Å². The topological polar surface area (TPSA) is 36.8 Å². The van der Waals surface area contributed by atoms with Crippen LogP contribution < -0.4 is 5.32 Å². The summed E-state index contributed by atoms with van der Waals surface area (Å²) in [6.07, 6.45) is 3.45. The molecule has 1 fully saturated rings. The lowest BCUT2D eigenvalue weighted by atomic mass is 10.1. The van der Waals surface area contributed by atoms with Crippen molar-refractivity contribution >= 4 is 35.8 Å². The third-order valence-corrected chi connectivity index (χ3v) is 4.18. The summed E-state index contributed by atoms with van der Waals surface area (Å²) in [5.41, 5.74) is 2.08. The van der Waals surface area contributed by atoms with Crippen LogP contribution >= 0.6 is 23.2 Å². The molecule has 1 N–H and O–H groups in total. The summed E-state index contributed by atoms with van der Waals surface area (Å²) in [6, 6.07) is 0. The standard InChI is InChI=1S/C11H15Cl2N3/c1-3-14-6-15-9-5-16-11(13)7(2)10(11)8(9)4-12/h5-7,10H,3-4H2,1-2H3,(H,14,15). The van der Waals surface area contributed by atoms with Crippen LogP contribution in [0.1, 0.15) is 13.8 Å². The second-order valence-corrected chi connectivity index (χ2v) is 4.97. The Labute approximate surface area is 106 Å². The third kappa shape index (κ3) is 1.76. The van der Waals surface area contributed by atoms with Gasteiger partial charge in [0.05, 0.1) is 12.0 Å². The molecule has 0 saturated heterocycles. The highest BCUT2D eigenvalue weighted by Gasteiger charge is 2.64. The van der Waals surface area contributed by atoms with Crippen molar-refractivity contribution in [1.29, 1.82) is 0 Å². The van der Waals surface area contributed by atoms with Gasteiger partial charge in [0.15, 0.2) is 0 Å². The lowest BCUT2D eigenvalue weighted by Gasteiger charge is -2.15. The number of halogens is 2. The average Bonchev–Trinajstić information content (AvgIpc) is 2.83. The molecule has 0 spiro atoms. The predicted octanol–water partition coefficient (Wildman–Crippen LogP) is 2.40. The number of aliphatic imine (C=N–C) groups is 2. The van der Waals surface area contributed by atoms with Gasteiger partial charge in [-0.1, -0.05) is 18.5 Å². The molecule has 1 aliphatic heterocycles. The van der Waals surface area contributed by atoms with E-state index in [1.165, 1.54) is 0 Å². The lowest BCUT2D eigenvalue weighted by Crippen LogP contribution is -2.21. The van der Waals surface area contributed by atoms with E-state index in [1.54, 1.807) is 12.6 Å². The normalized spacial score (nSPS) is 36.8. The van der Waals surface area contributed by atoms with Crippen molar-refractivity contribution in [3.8, 4) is 0 Å². The van der Waals surface area contributed by atoms with Crippen molar-refractivity contribution in [1.82, 2.24) is 5.32 Å². The number of rotatable bonds is 4. The van der Waals surface area contributed by atoms with E-state index in [9.17, 15) is 0 Å². The Hall–Kier alpha value is -0.540. The van der Waals surface area contributed by atoms with Crippen LogP contribution in [0.25, 0.3) is 0 Å². The summed E-state index contributed by atoms with van der Waals surface area (Å²) in [7, 11) is 0. The van der Waals surface area contributed by atoms with E-state index < -0.39 is 5.00 Å². The second-order valence-electron chi connectivity index (χ2n) is 4.10. The largest absolute Gasteiger partial charge is 0.345 e. The van der Waals surface area contributed by atoms with E-state index in [-0.39, 0.29) is 5.92 Å². The minimum Gasteiger partial charge on any atom is -0.345 e. The van der Waals surface area contributed by atoms with E-state index >= 15 is 0 Å². The molecule has 88 valence electrons. The van der Waals surface area contributed by atoms with Crippen LogP contribution in [-0.4, -0.2) is 30.0 Å². The van der Waals surface area contributed by atoms with Crippen LogP contribution in [0, 0.1) is 11.8 Å². The monoisotopic (exact) mass is 259 g/mol. The first-order chi connectivity index (χ1) is 7.65. The fourth-order valence-electron chi connectivity index (χ4n) is 2.15. The Morgan fingerprint density at radius 3 is 3.06 bits per heavy atom. The zero-order chi connectivity index (χ0) is 11.8. The molecule has 0 aromatic heterocycles. The molecule has 3 unspecified atom stereocenters. The van der Waals surface area contributed by atoms with E-state index in [0.717, 1.165) is 17.8 Å². The SMILES string of the molecule is CCN=CNC1=C(CCl)C2C(C)C2(Cl)N=C1. The van der Waals surface area contributed by atoms with Gasteiger partial charge < -0.3 is 5.32 Å². The number of dihydropyridines is 1. The molecule has 0 aromatic rings. The van der Waals surface area contributed by atoms with Gasteiger partial charge in [0.1, 0.15) is 5.00 Å². The average molecular weight is 260 g/mol. The molecule has 1 heterocycles. The number of allylic oxidation sites excluding steroid dienone is 1. The van der Waals surface area contributed by atoms with Gasteiger partial charge in [-0.3, -0.25) is 9.98 Å². The Morgan fingerprint density at radius 1 is 1.69 bits per heavy atom. The molecule has 2 rings (SSSR count). The lowest BCUT2D eigenvalue weighted by molar-refractivity contribution is 0.827. The molecule has 0 amide bonds. The van der Waals surface area contributed by atoms with Crippen molar-refractivity contribution in [3.05, 3.63) is 11.3 Å². The van der Waals surface area contributed by atoms with Crippen molar-refractivity contribution in [2.75, 3.05) is 12.4 Å². The van der Waals surface area contributed by atoms with Gasteiger partial charge >= 0.3 is 0 Å². The predicted molar refractivity (Wildman–Crippen MR) is 69.6 cm³/mol. The van der Waals surface area contributed by atoms with Crippen LogP contribution in [0.3, 0.4) is 0 Å². The van der Waals surface area contributed by atoms with Crippen molar-refractivity contribution in [3.63, 3.8) is 0 Å². The van der Waals surface area contributed by atoms with Crippen LogP contribution in [-0.2, 0) is 0 Å². The summed E-state index contributed by atoms with van der Waals surface area (Å²) in [6.45, 7) is 4.84. The zero-order valence-corrected chi connectivity index (χ0v) is 10.9. The molecule has 5 heteroatoms. The van der Waals surface area contributed by atoms with Gasteiger partial charge in [-0.15, -0.1) is 11.6 Å². The third-order valence-electron chi connectivity index (χ3n) is 3.22. The maximum Gasteiger partial charge on any atom is 0.144 e. The molecule has 16 heavy (non-hydrogen) atoms. The summed E-state index contributed by atoms with van der Waals surface area (Å²) in [5, 5.41) is 3.11. The summed E-state index contributed by atoms with van der Waals surface area (Å²) >= 11 is 12.3. The maximum atomic E-state index is 6.34. The number of hydrogen-bond donors (Lipinski definition) is 1. The highest BCUT2D eigenvalue weighted by atomic mass is 35.5. The molecule has 1 aliphatic carbocycles. The minimum atomic E-state index is -0.433. The molecule has 0 bridgehead atoms. The molecule has 1 saturated carbocycles. The highest BCUT2D eigenvalue weighted by Crippen LogP contribution is 2.61. The van der Waals surface area contributed by atoms with Crippen molar-refractivity contribution < 1.29 is 0 Å². The van der Waals surface area contributed by atoms with Gasteiger partial charge in [0.2, 0.25) is 0 Å². The number of nitrogens with zero attached hydrogens (tertiary/aromatic N) is 2. The summed E-state index contributed by atoms with van der Waals surface area (Å²) < 4.78 is 0. The fourth-order valence-corrected chi connectivity index (χ4v) is 2.89. The Kier molecular flexibility index (Phi) is 3.27. The van der Waals surface area contributed by atoms with E-state index in [4.69, 9.17) is 23.2 Å². The van der Waals surface area contributed by atoms with E-state index in [1.807, 2.05) is 6.92 Å². The number of hydrogen-bond acceptors (Lipinski definition) is 2. The Bertz CT molecular complexity index is 375. The van der Waals surface area contributed by atoms with Gasteiger partial charge in [-0.05, 0) is 12.5 Å². The van der Waals surface area contributed by atoms with Gasteiger partial charge in [-0.2, -0.15) is 0 Å². The number of fused-ring (bicyclic) bond motifs is 1. The first-order valence-corrected chi connectivity index (χ1v) is 6.34. The highest BCUT2D eigenvalue weighted by molar-refractivity contribution is 6.28. The first-order valence-electron chi connectivity index (χ1n) is 5.43. The van der Waals surface area contributed by atoms with Gasteiger partial charge in [0.25, 0.3) is 0 Å². The minimum absolute atomic E-state index is 0.272. The van der Waals surface area contributed by atoms with E-state index in [0.29, 0.717) is 11.8 Å². The molecular weight excluding hydrogens is 245 g/mol. The van der Waals surface area contributed by atoms with Gasteiger partial charge in [-0.25, -0.2) is 0 Å². The molecule has 3 atom stereocenters. The number of nitrogens with one attached hydrogen (secondary N) is 1. The molecule has 3 nitrogen and oxygen atoms in total. The second kappa shape index (κ2) is 4.38. The maximum absolute atomic E-state index is 6.34.